The van der Waals surface area contributed by atoms with E-state index < -0.39 is 0 Å². The van der Waals surface area contributed by atoms with Crippen molar-refractivity contribution < 1.29 is 4.42 Å². The Hall–Kier alpha value is -7.82. The number of hydrogen-bond acceptors (Lipinski definition) is 3. The third-order valence-corrected chi connectivity index (χ3v) is 11.1. The van der Waals surface area contributed by atoms with Crippen molar-refractivity contribution >= 4 is 32.9 Å². The molecule has 3 heterocycles. The molecule has 11 rings (SSSR count). The molecule has 8 aromatic carbocycles. The lowest BCUT2D eigenvalue weighted by molar-refractivity contribution is 0.620. The molecule has 0 aliphatic rings. The van der Waals surface area contributed by atoms with Gasteiger partial charge in [0.2, 0.25) is 5.89 Å². The summed E-state index contributed by atoms with van der Waals surface area (Å²) in [6, 6.07) is 70.6. The standard InChI is InChI=1S/C54H35N3O/c1-4-12-36(13-5-1)40-16-10-18-42(30-40)45-33-47(44-19-11-17-41(31-44)37-14-6-2-7-15-37)53-52(34-45)58-54(56-53)39-24-22-38(23-25-39)43-26-27-50-48(32-43)49-35-55-29-28-51(49)57(50)46-20-8-3-9-21-46/h1-35H. The first-order valence-corrected chi connectivity index (χ1v) is 19.5. The van der Waals surface area contributed by atoms with E-state index in [4.69, 9.17) is 9.40 Å². The van der Waals surface area contributed by atoms with Gasteiger partial charge in [-0.3, -0.25) is 4.98 Å². The van der Waals surface area contributed by atoms with Crippen molar-refractivity contribution in [3.05, 3.63) is 213 Å². The van der Waals surface area contributed by atoms with Crippen LogP contribution in [0.15, 0.2) is 217 Å². The summed E-state index contributed by atoms with van der Waals surface area (Å²) in [5.41, 5.74) is 17.1. The molecule has 0 spiro atoms. The van der Waals surface area contributed by atoms with Crippen LogP contribution in [0, 0.1) is 0 Å². The van der Waals surface area contributed by atoms with Crippen LogP contribution in [0.5, 0.6) is 0 Å². The van der Waals surface area contributed by atoms with Gasteiger partial charge in [-0.1, -0.05) is 133 Å². The first-order chi connectivity index (χ1) is 28.7. The minimum Gasteiger partial charge on any atom is -0.436 e. The third kappa shape index (κ3) is 5.96. The Kier molecular flexibility index (Phi) is 8.11. The molecule has 0 aliphatic heterocycles. The summed E-state index contributed by atoms with van der Waals surface area (Å²) in [6.45, 7) is 0. The first-order valence-electron chi connectivity index (χ1n) is 19.5. The topological polar surface area (TPSA) is 43.9 Å². The van der Waals surface area contributed by atoms with Crippen LogP contribution in [0.2, 0.25) is 0 Å². The van der Waals surface area contributed by atoms with Gasteiger partial charge in [-0.05, 0) is 117 Å². The second kappa shape index (κ2) is 14.0. The molecular weight excluding hydrogens is 707 g/mol. The zero-order valence-corrected chi connectivity index (χ0v) is 31.5. The van der Waals surface area contributed by atoms with Crippen molar-refractivity contribution in [3.63, 3.8) is 0 Å². The van der Waals surface area contributed by atoms with Crippen LogP contribution in [0.4, 0.5) is 0 Å². The maximum atomic E-state index is 6.68. The molecule has 0 amide bonds. The Morgan fingerprint density at radius 2 is 0.914 bits per heavy atom. The molecule has 272 valence electrons. The van der Waals surface area contributed by atoms with Crippen LogP contribution in [0.25, 0.3) is 106 Å². The highest BCUT2D eigenvalue weighted by Gasteiger charge is 2.18. The molecule has 0 unspecified atom stereocenters. The lowest BCUT2D eigenvalue weighted by Gasteiger charge is -2.10. The van der Waals surface area contributed by atoms with E-state index in [1.807, 2.05) is 12.4 Å². The molecular formula is C54H35N3O. The predicted molar refractivity (Wildman–Crippen MR) is 239 cm³/mol. The normalized spacial score (nSPS) is 11.4. The van der Waals surface area contributed by atoms with Crippen molar-refractivity contribution in [2.45, 2.75) is 0 Å². The SMILES string of the molecule is c1ccc(-c2cccc(-c3cc(-c4cccc(-c5ccccc5)c4)c4nc(-c5ccc(-c6ccc7c(c6)c6cnccc6n7-c6ccccc6)cc5)oc4c3)c2)cc1. The van der Waals surface area contributed by atoms with Crippen molar-refractivity contribution in [2.75, 3.05) is 0 Å². The van der Waals surface area contributed by atoms with Crippen LogP contribution in [0.1, 0.15) is 0 Å². The number of para-hydroxylation sites is 1. The Morgan fingerprint density at radius 1 is 0.379 bits per heavy atom. The summed E-state index contributed by atoms with van der Waals surface area (Å²) < 4.78 is 8.99. The van der Waals surface area contributed by atoms with Crippen molar-refractivity contribution in [3.8, 4) is 72.8 Å². The van der Waals surface area contributed by atoms with E-state index >= 15 is 0 Å². The molecule has 0 aliphatic carbocycles. The minimum atomic E-state index is 0.588. The molecule has 0 saturated heterocycles. The van der Waals surface area contributed by atoms with Crippen LogP contribution in [-0.4, -0.2) is 14.5 Å². The van der Waals surface area contributed by atoms with Crippen LogP contribution in [0.3, 0.4) is 0 Å². The molecule has 3 aromatic heterocycles. The number of benzene rings is 8. The van der Waals surface area contributed by atoms with Gasteiger partial charge < -0.3 is 8.98 Å². The predicted octanol–water partition coefficient (Wildman–Crippen LogP) is 14.3. The summed E-state index contributed by atoms with van der Waals surface area (Å²) in [5, 5.41) is 2.30. The summed E-state index contributed by atoms with van der Waals surface area (Å²) in [6.07, 6.45) is 3.83. The number of rotatable bonds is 7. The quantitative estimate of drug-likeness (QED) is 0.163. The summed E-state index contributed by atoms with van der Waals surface area (Å²) in [7, 11) is 0. The minimum absolute atomic E-state index is 0.588. The first kappa shape index (κ1) is 33.5. The van der Waals surface area contributed by atoms with E-state index in [0.717, 1.165) is 77.7 Å². The van der Waals surface area contributed by atoms with Gasteiger partial charge in [-0.25, -0.2) is 4.98 Å². The number of aromatic nitrogens is 3. The number of pyridine rings is 1. The average Bonchev–Trinajstić information content (AvgIpc) is 3.89. The molecule has 0 radical (unpaired) electrons. The summed E-state index contributed by atoms with van der Waals surface area (Å²) >= 11 is 0. The monoisotopic (exact) mass is 741 g/mol. The van der Waals surface area contributed by atoms with E-state index in [1.54, 1.807) is 0 Å². The maximum Gasteiger partial charge on any atom is 0.227 e. The van der Waals surface area contributed by atoms with Crippen LogP contribution < -0.4 is 0 Å². The Bertz CT molecular complexity index is 3260. The van der Waals surface area contributed by atoms with Gasteiger partial charge >= 0.3 is 0 Å². The lowest BCUT2D eigenvalue weighted by atomic mass is 9.94. The van der Waals surface area contributed by atoms with E-state index in [0.29, 0.717) is 5.89 Å². The van der Waals surface area contributed by atoms with Gasteiger partial charge in [0.25, 0.3) is 0 Å². The molecule has 0 atom stereocenters. The Balaban J connectivity index is 1.00. The van der Waals surface area contributed by atoms with E-state index in [2.05, 4.69) is 210 Å². The zero-order valence-electron chi connectivity index (χ0n) is 31.5. The number of nitrogens with zero attached hydrogens (tertiary/aromatic N) is 3. The maximum absolute atomic E-state index is 6.68. The second-order valence-corrected chi connectivity index (χ2v) is 14.7. The van der Waals surface area contributed by atoms with Gasteiger partial charge in [0.15, 0.2) is 5.58 Å². The summed E-state index contributed by atoms with van der Waals surface area (Å²) in [4.78, 5) is 9.68. The lowest BCUT2D eigenvalue weighted by Crippen LogP contribution is -1.93. The molecule has 4 nitrogen and oxygen atoms in total. The molecule has 0 saturated carbocycles. The molecule has 0 N–H and O–H groups in total. The highest BCUT2D eigenvalue weighted by molar-refractivity contribution is 6.10. The van der Waals surface area contributed by atoms with Crippen molar-refractivity contribution in [1.29, 1.82) is 0 Å². The number of oxazole rings is 1. The third-order valence-electron chi connectivity index (χ3n) is 11.1. The fraction of sp³-hybridized carbons (Fsp3) is 0. The average molecular weight is 742 g/mol. The Morgan fingerprint density at radius 3 is 1.62 bits per heavy atom. The Labute approximate surface area is 336 Å². The molecule has 0 bridgehead atoms. The zero-order chi connectivity index (χ0) is 38.4. The smallest absolute Gasteiger partial charge is 0.227 e. The van der Waals surface area contributed by atoms with Crippen molar-refractivity contribution in [2.24, 2.45) is 0 Å². The highest BCUT2D eigenvalue weighted by Crippen LogP contribution is 2.40. The van der Waals surface area contributed by atoms with Gasteiger partial charge in [-0.15, -0.1) is 0 Å². The van der Waals surface area contributed by atoms with Gasteiger partial charge in [0.05, 0.1) is 11.0 Å². The number of hydrogen-bond donors (Lipinski definition) is 0. The van der Waals surface area contributed by atoms with E-state index in [1.165, 1.54) is 22.1 Å². The van der Waals surface area contributed by atoms with E-state index in [-0.39, 0.29) is 0 Å². The molecule has 4 heteroatoms. The molecule has 58 heavy (non-hydrogen) atoms. The fourth-order valence-electron chi connectivity index (χ4n) is 8.25. The van der Waals surface area contributed by atoms with E-state index in [9.17, 15) is 0 Å². The van der Waals surface area contributed by atoms with Gasteiger partial charge in [-0.2, -0.15) is 0 Å². The summed E-state index contributed by atoms with van der Waals surface area (Å²) in [5.74, 6) is 0.588. The van der Waals surface area contributed by atoms with Crippen LogP contribution >= 0.6 is 0 Å². The molecule has 11 aromatic rings. The number of fused-ring (bicyclic) bond motifs is 4. The largest absolute Gasteiger partial charge is 0.436 e. The van der Waals surface area contributed by atoms with Gasteiger partial charge in [0.1, 0.15) is 5.52 Å². The van der Waals surface area contributed by atoms with Crippen LogP contribution in [-0.2, 0) is 0 Å². The van der Waals surface area contributed by atoms with Gasteiger partial charge in [0, 0.05) is 40.0 Å². The van der Waals surface area contributed by atoms with Crippen molar-refractivity contribution in [1.82, 2.24) is 14.5 Å². The molecule has 0 fully saturated rings. The fourth-order valence-corrected chi connectivity index (χ4v) is 8.25. The highest BCUT2D eigenvalue weighted by atomic mass is 16.3. The second-order valence-electron chi connectivity index (χ2n) is 14.7.